The zero-order chi connectivity index (χ0) is 17.8. The highest BCUT2D eigenvalue weighted by Gasteiger charge is 2.11. The van der Waals surface area contributed by atoms with Gasteiger partial charge in [-0.3, -0.25) is 0 Å². The third-order valence-corrected chi connectivity index (χ3v) is 4.86. The monoisotopic (exact) mass is 436 g/mol. The number of halogens is 2. The van der Waals surface area contributed by atoms with Gasteiger partial charge in [0.2, 0.25) is 11.7 Å². The third kappa shape index (κ3) is 4.56. The quantitative estimate of drug-likeness (QED) is 0.563. The van der Waals surface area contributed by atoms with Gasteiger partial charge in [-0.1, -0.05) is 44.8 Å². The molecule has 3 rings (SSSR count). The van der Waals surface area contributed by atoms with E-state index in [2.05, 4.69) is 36.7 Å². The predicted octanol–water partition coefficient (Wildman–Crippen LogP) is 4.95. The highest BCUT2D eigenvalue weighted by molar-refractivity contribution is 9.10. The van der Waals surface area contributed by atoms with E-state index in [0.717, 1.165) is 21.3 Å². The first-order chi connectivity index (χ1) is 12.0. The van der Waals surface area contributed by atoms with Crippen LogP contribution in [0.1, 0.15) is 11.5 Å². The second-order valence-electron chi connectivity index (χ2n) is 5.26. The lowest BCUT2D eigenvalue weighted by atomic mass is 10.2. The maximum Gasteiger partial charge on any atom is 0.246 e. The van der Waals surface area contributed by atoms with Crippen LogP contribution >= 0.6 is 39.7 Å². The SMILES string of the molecule is Cc1cc(NC(=S)NCc2nc(-c3ccccc3Cl)no2)ccc1Br. The summed E-state index contributed by atoms with van der Waals surface area (Å²) in [6.07, 6.45) is 0. The first-order valence-corrected chi connectivity index (χ1v) is 8.99. The minimum Gasteiger partial charge on any atom is -0.353 e. The third-order valence-electron chi connectivity index (χ3n) is 3.40. The fourth-order valence-corrected chi connectivity index (χ4v) is 2.79. The molecule has 1 aromatic heterocycles. The van der Waals surface area contributed by atoms with Crippen LogP contribution < -0.4 is 10.6 Å². The first kappa shape index (κ1) is 17.8. The van der Waals surface area contributed by atoms with Crippen molar-refractivity contribution in [1.29, 1.82) is 0 Å². The van der Waals surface area contributed by atoms with Gasteiger partial charge in [-0.05, 0) is 55.0 Å². The Labute approximate surface area is 163 Å². The first-order valence-electron chi connectivity index (χ1n) is 7.41. The van der Waals surface area contributed by atoms with E-state index >= 15 is 0 Å². The molecule has 2 N–H and O–H groups in total. The number of rotatable bonds is 4. The van der Waals surface area contributed by atoms with Crippen LogP contribution in [0.25, 0.3) is 11.4 Å². The Kier molecular flexibility index (Phi) is 5.67. The van der Waals surface area contributed by atoms with E-state index in [1.54, 1.807) is 6.07 Å². The Morgan fingerprint density at radius 2 is 2.08 bits per heavy atom. The molecular formula is C17H14BrClN4OS. The van der Waals surface area contributed by atoms with Crippen LogP contribution in [0.5, 0.6) is 0 Å². The van der Waals surface area contributed by atoms with Gasteiger partial charge < -0.3 is 15.2 Å². The van der Waals surface area contributed by atoms with Crippen LogP contribution in [0.15, 0.2) is 51.5 Å². The molecule has 0 unspecified atom stereocenters. The highest BCUT2D eigenvalue weighted by atomic mass is 79.9. The van der Waals surface area contributed by atoms with Crippen molar-refractivity contribution in [2.24, 2.45) is 0 Å². The number of nitrogens with one attached hydrogen (secondary N) is 2. The maximum atomic E-state index is 6.14. The van der Waals surface area contributed by atoms with E-state index in [1.807, 2.05) is 43.3 Å². The summed E-state index contributed by atoms with van der Waals surface area (Å²) in [7, 11) is 0. The van der Waals surface area contributed by atoms with Gasteiger partial charge in [-0.2, -0.15) is 4.98 Å². The minimum absolute atomic E-state index is 0.318. The van der Waals surface area contributed by atoms with Gasteiger partial charge in [0.25, 0.3) is 0 Å². The molecule has 0 saturated heterocycles. The van der Waals surface area contributed by atoms with Crippen LogP contribution in [-0.4, -0.2) is 15.3 Å². The van der Waals surface area contributed by atoms with E-state index in [9.17, 15) is 0 Å². The number of hydrogen-bond acceptors (Lipinski definition) is 4. The molecule has 0 radical (unpaired) electrons. The van der Waals surface area contributed by atoms with Gasteiger partial charge in [0.1, 0.15) is 0 Å². The number of nitrogens with zero attached hydrogens (tertiary/aromatic N) is 2. The van der Waals surface area contributed by atoms with Crippen molar-refractivity contribution in [1.82, 2.24) is 15.5 Å². The smallest absolute Gasteiger partial charge is 0.246 e. The zero-order valence-electron chi connectivity index (χ0n) is 13.2. The fourth-order valence-electron chi connectivity index (χ4n) is 2.13. The lowest BCUT2D eigenvalue weighted by Gasteiger charge is -2.10. The van der Waals surface area contributed by atoms with Gasteiger partial charge in [-0.15, -0.1) is 0 Å². The van der Waals surface area contributed by atoms with Crippen molar-refractivity contribution in [3.05, 3.63) is 63.4 Å². The highest BCUT2D eigenvalue weighted by Crippen LogP contribution is 2.24. The van der Waals surface area contributed by atoms with Crippen LogP contribution in [0.2, 0.25) is 5.02 Å². The molecule has 1 heterocycles. The van der Waals surface area contributed by atoms with Crippen molar-refractivity contribution in [2.45, 2.75) is 13.5 Å². The molecule has 0 aliphatic rings. The molecule has 0 aliphatic carbocycles. The Morgan fingerprint density at radius 1 is 1.28 bits per heavy atom. The Hall–Kier alpha value is -1.96. The van der Waals surface area contributed by atoms with Crippen molar-refractivity contribution in [3.63, 3.8) is 0 Å². The second kappa shape index (κ2) is 7.95. The summed E-state index contributed by atoms with van der Waals surface area (Å²) in [4.78, 5) is 4.33. The number of aromatic nitrogens is 2. The van der Waals surface area contributed by atoms with Crippen molar-refractivity contribution >= 4 is 50.5 Å². The van der Waals surface area contributed by atoms with Crippen molar-refractivity contribution in [3.8, 4) is 11.4 Å². The molecule has 0 atom stereocenters. The van der Waals surface area contributed by atoms with Crippen LogP contribution in [0.4, 0.5) is 5.69 Å². The molecule has 0 bridgehead atoms. The summed E-state index contributed by atoms with van der Waals surface area (Å²) in [6.45, 7) is 2.33. The number of aryl methyl sites for hydroxylation is 1. The molecule has 0 spiro atoms. The van der Waals surface area contributed by atoms with Gasteiger partial charge in [-0.25, -0.2) is 0 Å². The second-order valence-corrected chi connectivity index (χ2v) is 6.93. The lowest BCUT2D eigenvalue weighted by molar-refractivity contribution is 0.376. The van der Waals surface area contributed by atoms with E-state index < -0.39 is 0 Å². The van der Waals surface area contributed by atoms with Gasteiger partial charge in [0.05, 0.1) is 11.6 Å². The number of anilines is 1. The standard InChI is InChI=1S/C17H14BrClN4OS/c1-10-8-11(6-7-13(10)18)21-17(25)20-9-15-22-16(23-24-15)12-4-2-3-5-14(12)19/h2-8H,9H2,1H3,(H2,20,21,25). The summed E-state index contributed by atoms with van der Waals surface area (Å²) < 4.78 is 6.28. The predicted molar refractivity (Wildman–Crippen MR) is 107 cm³/mol. The molecule has 25 heavy (non-hydrogen) atoms. The summed E-state index contributed by atoms with van der Waals surface area (Å²) in [5.41, 5.74) is 2.75. The molecule has 0 aliphatic heterocycles. The van der Waals surface area contributed by atoms with Crippen LogP contribution in [-0.2, 0) is 6.54 Å². The molecule has 0 saturated carbocycles. The van der Waals surface area contributed by atoms with Crippen LogP contribution in [0, 0.1) is 6.92 Å². The normalized spacial score (nSPS) is 10.5. The fraction of sp³-hybridized carbons (Fsp3) is 0.118. The van der Waals surface area contributed by atoms with E-state index in [0.29, 0.717) is 28.4 Å². The number of hydrogen-bond donors (Lipinski definition) is 2. The van der Waals surface area contributed by atoms with E-state index in [4.69, 9.17) is 28.3 Å². The summed E-state index contributed by atoms with van der Waals surface area (Å²) >= 11 is 14.9. The number of benzene rings is 2. The molecular weight excluding hydrogens is 424 g/mol. The zero-order valence-corrected chi connectivity index (χ0v) is 16.4. The number of thiocarbonyl (C=S) groups is 1. The molecule has 8 heteroatoms. The van der Waals surface area contributed by atoms with Crippen molar-refractivity contribution in [2.75, 3.05) is 5.32 Å². The maximum absolute atomic E-state index is 6.14. The molecule has 0 amide bonds. The van der Waals surface area contributed by atoms with Crippen molar-refractivity contribution < 1.29 is 4.52 Å². The topological polar surface area (TPSA) is 63.0 Å². The molecule has 5 nitrogen and oxygen atoms in total. The van der Waals surface area contributed by atoms with E-state index in [-0.39, 0.29) is 0 Å². The Morgan fingerprint density at radius 3 is 2.84 bits per heavy atom. The Balaban J connectivity index is 1.59. The molecule has 3 aromatic rings. The molecule has 2 aromatic carbocycles. The van der Waals surface area contributed by atoms with Crippen LogP contribution in [0.3, 0.4) is 0 Å². The molecule has 128 valence electrons. The summed E-state index contributed by atoms with van der Waals surface area (Å²) in [6, 6.07) is 13.2. The Bertz CT molecular complexity index is 915. The average molecular weight is 438 g/mol. The minimum atomic E-state index is 0.318. The van der Waals surface area contributed by atoms with Gasteiger partial charge in [0.15, 0.2) is 5.11 Å². The summed E-state index contributed by atoms with van der Waals surface area (Å²) in [5.74, 6) is 0.871. The average Bonchev–Trinajstić information content (AvgIpc) is 3.05. The molecule has 0 fully saturated rings. The lowest BCUT2D eigenvalue weighted by Crippen LogP contribution is -2.28. The van der Waals surface area contributed by atoms with Gasteiger partial charge >= 0.3 is 0 Å². The largest absolute Gasteiger partial charge is 0.353 e. The summed E-state index contributed by atoms with van der Waals surface area (Å²) in [5, 5.41) is 11.2. The van der Waals surface area contributed by atoms with E-state index in [1.165, 1.54) is 0 Å². The van der Waals surface area contributed by atoms with Gasteiger partial charge in [0, 0.05) is 15.7 Å².